The first-order chi connectivity index (χ1) is 8.13. The number of nitrogens with zero attached hydrogens (tertiary/aromatic N) is 3. The molecule has 2 heterocycles. The maximum atomic E-state index is 8.98. The van der Waals surface area contributed by atoms with E-state index < -0.39 is 0 Å². The van der Waals surface area contributed by atoms with Gasteiger partial charge in [-0.1, -0.05) is 0 Å². The van der Waals surface area contributed by atoms with Crippen LogP contribution in [0.1, 0.15) is 24.6 Å². The van der Waals surface area contributed by atoms with Crippen molar-refractivity contribution in [1.82, 2.24) is 4.98 Å². The minimum absolute atomic E-state index is 0.449. The molecule has 1 aromatic heterocycles. The van der Waals surface area contributed by atoms with Gasteiger partial charge in [0.1, 0.15) is 5.82 Å². The highest BCUT2D eigenvalue weighted by Gasteiger charge is 2.29. The zero-order valence-corrected chi connectivity index (χ0v) is 10.3. The summed E-state index contributed by atoms with van der Waals surface area (Å²) in [5, 5.41) is 8.98. The fraction of sp³-hybridized carbons (Fsp3) is 0.538. The van der Waals surface area contributed by atoms with Crippen molar-refractivity contribution in [3.63, 3.8) is 0 Å². The summed E-state index contributed by atoms with van der Waals surface area (Å²) in [5.41, 5.74) is 7.29. The normalized spacial score (nSPS) is 23.8. The Labute approximate surface area is 102 Å². The van der Waals surface area contributed by atoms with E-state index in [0.29, 0.717) is 17.5 Å². The summed E-state index contributed by atoms with van der Waals surface area (Å²) in [5.74, 6) is 1.45. The molecule has 0 amide bonds. The van der Waals surface area contributed by atoms with Gasteiger partial charge in [0, 0.05) is 18.3 Å². The van der Waals surface area contributed by atoms with Crippen LogP contribution in [0.4, 0.5) is 5.82 Å². The minimum Gasteiger partial charge on any atom is -0.354 e. The summed E-state index contributed by atoms with van der Waals surface area (Å²) in [6.45, 7) is 5.77. The highest BCUT2D eigenvalue weighted by Crippen LogP contribution is 2.27. The Balaban J connectivity index is 2.28. The van der Waals surface area contributed by atoms with E-state index in [9.17, 15) is 0 Å². The molecule has 1 aliphatic rings. The van der Waals surface area contributed by atoms with Gasteiger partial charge in [-0.05, 0) is 44.9 Å². The SMILES string of the molecule is Cc1cc(C#N)cc(N2CC(CN)CC2C)n1. The van der Waals surface area contributed by atoms with Crippen LogP contribution < -0.4 is 10.6 Å². The molecule has 0 aliphatic carbocycles. The number of nitrogens with two attached hydrogens (primary N) is 1. The van der Waals surface area contributed by atoms with Gasteiger partial charge in [-0.2, -0.15) is 5.26 Å². The first kappa shape index (κ1) is 11.9. The van der Waals surface area contributed by atoms with Crippen LogP contribution in [0.5, 0.6) is 0 Å². The van der Waals surface area contributed by atoms with Crippen molar-refractivity contribution in [2.75, 3.05) is 18.0 Å². The molecule has 2 N–H and O–H groups in total. The van der Waals surface area contributed by atoms with Crippen molar-refractivity contribution in [2.45, 2.75) is 26.3 Å². The highest BCUT2D eigenvalue weighted by molar-refractivity contribution is 5.48. The van der Waals surface area contributed by atoms with Gasteiger partial charge in [-0.15, -0.1) is 0 Å². The third kappa shape index (κ3) is 2.40. The number of aromatic nitrogens is 1. The van der Waals surface area contributed by atoms with Crippen molar-refractivity contribution in [3.8, 4) is 6.07 Å². The summed E-state index contributed by atoms with van der Waals surface area (Å²) in [4.78, 5) is 6.77. The van der Waals surface area contributed by atoms with Crippen molar-refractivity contribution in [3.05, 3.63) is 23.4 Å². The van der Waals surface area contributed by atoms with E-state index in [1.807, 2.05) is 19.1 Å². The summed E-state index contributed by atoms with van der Waals surface area (Å²) in [6, 6.07) is 6.30. The molecule has 1 aliphatic heterocycles. The van der Waals surface area contributed by atoms with Gasteiger partial charge in [0.2, 0.25) is 0 Å². The number of nitriles is 1. The van der Waals surface area contributed by atoms with Gasteiger partial charge in [-0.3, -0.25) is 0 Å². The van der Waals surface area contributed by atoms with Gasteiger partial charge in [-0.25, -0.2) is 4.98 Å². The lowest BCUT2D eigenvalue weighted by atomic mass is 10.1. The fourth-order valence-corrected chi connectivity index (χ4v) is 2.50. The van der Waals surface area contributed by atoms with E-state index in [0.717, 1.165) is 31.0 Å². The Morgan fingerprint density at radius 2 is 2.35 bits per heavy atom. The van der Waals surface area contributed by atoms with Crippen molar-refractivity contribution in [2.24, 2.45) is 11.7 Å². The maximum absolute atomic E-state index is 8.98. The van der Waals surface area contributed by atoms with Gasteiger partial charge in [0.25, 0.3) is 0 Å². The van der Waals surface area contributed by atoms with Crippen LogP contribution in [0.15, 0.2) is 12.1 Å². The molecule has 90 valence electrons. The van der Waals surface area contributed by atoms with E-state index in [2.05, 4.69) is 22.9 Å². The predicted molar refractivity (Wildman–Crippen MR) is 67.7 cm³/mol. The summed E-state index contributed by atoms with van der Waals surface area (Å²) >= 11 is 0. The number of anilines is 1. The molecule has 0 radical (unpaired) electrons. The molecular formula is C13H18N4. The van der Waals surface area contributed by atoms with Crippen molar-refractivity contribution >= 4 is 5.82 Å². The van der Waals surface area contributed by atoms with E-state index in [1.165, 1.54) is 0 Å². The second kappa shape index (κ2) is 4.72. The van der Waals surface area contributed by atoms with Crippen LogP contribution in [-0.4, -0.2) is 24.1 Å². The Kier molecular flexibility index (Phi) is 3.30. The Morgan fingerprint density at radius 3 is 2.94 bits per heavy atom. The largest absolute Gasteiger partial charge is 0.354 e. The zero-order chi connectivity index (χ0) is 12.4. The third-order valence-corrected chi connectivity index (χ3v) is 3.36. The second-order valence-corrected chi connectivity index (χ2v) is 4.81. The first-order valence-corrected chi connectivity index (χ1v) is 5.99. The van der Waals surface area contributed by atoms with E-state index >= 15 is 0 Å². The molecule has 1 aromatic rings. The van der Waals surface area contributed by atoms with E-state index in [4.69, 9.17) is 11.0 Å². The Morgan fingerprint density at radius 1 is 1.59 bits per heavy atom. The Hall–Kier alpha value is -1.60. The first-order valence-electron chi connectivity index (χ1n) is 5.99. The van der Waals surface area contributed by atoms with E-state index in [1.54, 1.807) is 0 Å². The number of pyridine rings is 1. The number of aryl methyl sites for hydroxylation is 1. The third-order valence-electron chi connectivity index (χ3n) is 3.36. The minimum atomic E-state index is 0.449. The van der Waals surface area contributed by atoms with Gasteiger partial charge >= 0.3 is 0 Å². The molecule has 1 saturated heterocycles. The lowest BCUT2D eigenvalue weighted by molar-refractivity contribution is 0.579. The predicted octanol–water partition coefficient (Wildman–Crippen LogP) is 1.44. The van der Waals surface area contributed by atoms with Crippen LogP contribution in [0.25, 0.3) is 0 Å². The second-order valence-electron chi connectivity index (χ2n) is 4.81. The standard InChI is InChI=1S/C13H18N4/c1-9-3-11(6-14)5-13(16-9)17-8-12(7-15)4-10(17)2/h3,5,10,12H,4,7-8,15H2,1-2H3. The summed E-state index contributed by atoms with van der Waals surface area (Å²) < 4.78 is 0. The highest BCUT2D eigenvalue weighted by atomic mass is 15.2. The Bertz CT molecular complexity index is 449. The summed E-state index contributed by atoms with van der Waals surface area (Å²) in [6.07, 6.45) is 1.11. The molecule has 0 saturated carbocycles. The number of rotatable bonds is 2. The van der Waals surface area contributed by atoms with E-state index in [-0.39, 0.29) is 0 Å². The molecule has 0 spiro atoms. The molecule has 0 aromatic carbocycles. The molecule has 0 bridgehead atoms. The van der Waals surface area contributed by atoms with Crippen molar-refractivity contribution in [1.29, 1.82) is 5.26 Å². The lowest BCUT2D eigenvalue weighted by Gasteiger charge is -2.23. The topological polar surface area (TPSA) is 65.9 Å². The van der Waals surface area contributed by atoms with Crippen LogP contribution in [-0.2, 0) is 0 Å². The molecular weight excluding hydrogens is 212 g/mol. The molecule has 1 fully saturated rings. The van der Waals surface area contributed by atoms with Crippen LogP contribution in [0.3, 0.4) is 0 Å². The zero-order valence-electron chi connectivity index (χ0n) is 10.3. The van der Waals surface area contributed by atoms with Gasteiger partial charge in [0.05, 0.1) is 11.6 Å². The van der Waals surface area contributed by atoms with Crippen molar-refractivity contribution < 1.29 is 0 Å². The van der Waals surface area contributed by atoms with Crippen LogP contribution >= 0.6 is 0 Å². The molecule has 2 rings (SSSR count). The van der Waals surface area contributed by atoms with Crippen LogP contribution in [0, 0.1) is 24.2 Å². The average Bonchev–Trinajstić information content (AvgIpc) is 2.69. The maximum Gasteiger partial charge on any atom is 0.130 e. The monoisotopic (exact) mass is 230 g/mol. The number of hydrogen-bond acceptors (Lipinski definition) is 4. The quantitative estimate of drug-likeness (QED) is 0.834. The molecule has 4 nitrogen and oxygen atoms in total. The average molecular weight is 230 g/mol. The summed E-state index contributed by atoms with van der Waals surface area (Å²) in [7, 11) is 0. The van der Waals surface area contributed by atoms with Gasteiger partial charge in [0.15, 0.2) is 0 Å². The fourth-order valence-electron chi connectivity index (χ4n) is 2.50. The molecule has 4 heteroatoms. The molecule has 17 heavy (non-hydrogen) atoms. The smallest absolute Gasteiger partial charge is 0.130 e. The lowest BCUT2D eigenvalue weighted by Crippen LogP contribution is -2.28. The van der Waals surface area contributed by atoms with Gasteiger partial charge < -0.3 is 10.6 Å². The van der Waals surface area contributed by atoms with Crippen LogP contribution in [0.2, 0.25) is 0 Å². The number of hydrogen-bond donors (Lipinski definition) is 1. The molecule has 2 unspecified atom stereocenters. The molecule has 2 atom stereocenters.